The molecule has 1 aromatic rings. The zero-order valence-electron chi connectivity index (χ0n) is 7.50. The predicted octanol–water partition coefficient (Wildman–Crippen LogP) is 0.606. The lowest BCUT2D eigenvalue weighted by Gasteiger charge is -1.99. The van der Waals surface area contributed by atoms with Gasteiger partial charge in [-0.2, -0.15) is 4.57 Å². The number of carbonyl (C=O) groups excluding carboxylic acids is 1. The fourth-order valence-electron chi connectivity index (χ4n) is 1.15. The number of ether oxygens (including phenoxy) is 1. The third-order valence-corrected chi connectivity index (χ3v) is 1.76. The Labute approximate surface area is 71.6 Å². The van der Waals surface area contributed by atoms with Crippen molar-refractivity contribution in [2.45, 2.75) is 6.92 Å². The van der Waals surface area contributed by atoms with E-state index >= 15 is 0 Å². The van der Waals surface area contributed by atoms with Crippen molar-refractivity contribution in [3.63, 3.8) is 0 Å². The molecule has 0 fully saturated rings. The summed E-state index contributed by atoms with van der Waals surface area (Å²) in [6, 6.07) is 3.77. The van der Waals surface area contributed by atoms with Gasteiger partial charge in [0, 0.05) is 11.6 Å². The van der Waals surface area contributed by atoms with Crippen LogP contribution in [0.1, 0.15) is 16.1 Å². The lowest BCUT2D eigenvalue weighted by atomic mass is 10.2. The van der Waals surface area contributed by atoms with Gasteiger partial charge in [0.1, 0.15) is 7.05 Å². The van der Waals surface area contributed by atoms with Crippen LogP contribution in [0.15, 0.2) is 18.3 Å². The highest BCUT2D eigenvalue weighted by atomic mass is 16.5. The Morgan fingerprint density at radius 3 is 2.75 bits per heavy atom. The van der Waals surface area contributed by atoms with Crippen molar-refractivity contribution < 1.29 is 14.1 Å². The van der Waals surface area contributed by atoms with E-state index < -0.39 is 0 Å². The Bertz CT molecular complexity index is 287. The molecule has 0 aliphatic carbocycles. The van der Waals surface area contributed by atoms with Crippen LogP contribution in [0.2, 0.25) is 0 Å². The first-order chi connectivity index (χ1) is 5.66. The zero-order chi connectivity index (χ0) is 9.14. The van der Waals surface area contributed by atoms with Crippen molar-refractivity contribution >= 4 is 5.97 Å². The van der Waals surface area contributed by atoms with E-state index in [1.54, 1.807) is 4.57 Å². The highest BCUT2D eigenvalue weighted by molar-refractivity contribution is 5.86. The van der Waals surface area contributed by atoms with Crippen LogP contribution in [0.4, 0.5) is 0 Å². The average molecular weight is 166 g/mol. The summed E-state index contributed by atoms with van der Waals surface area (Å²) >= 11 is 0. The monoisotopic (exact) mass is 166 g/mol. The largest absolute Gasteiger partial charge is 0.461 e. The molecule has 0 aromatic carbocycles. The smallest absolute Gasteiger partial charge is 0.403 e. The third kappa shape index (κ3) is 1.44. The maximum Gasteiger partial charge on any atom is 0.403 e. The van der Waals surface area contributed by atoms with Gasteiger partial charge >= 0.3 is 5.97 Å². The van der Waals surface area contributed by atoms with Crippen molar-refractivity contribution in [1.29, 1.82) is 0 Å². The Hall–Kier alpha value is -1.38. The SMILES string of the molecule is COC(=O)c1c(C)ccc[n+]1C. The molecule has 64 valence electrons. The van der Waals surface area contributed by atoms with E-state index in [-0.39, 0.29) is 5.97 Å². The maximum atomic E-state index is 11.2. The van der Waals surface area contributed by atoms with E-state index in [2.05, 4.69) is 4.74 Å². The second-order valence-corrected chi connectivity index (χ2v) is 2.64. The standard InChI is InChI=1S/C9H12NO2/c1-7-5-4-6-10(2)8(7)9(11)12-3/h4-6H,1-3H3/q+1. The number of hydrogen-bond acceptors (Lipinski definition) is 2. The maximum absolute atomic E-state index is 11.2. The van der Waals surface area contributed by atoms with Crippen molar-refractivity contribution in [2.75, 3.05) is 7.11 Å². The second kappa shape index (κ2) is 3.34. The molecule has 0 radical (unpaired) electrons. The number of aryl methyl sites for hydroxylation is 2. The normalized spacial score (nSPS) is 9.58. The molecule has 0 aliphatic heterocycles. The van der Waals surface area contributed by atoms with Crippen LogP contribution in [0.5, 0.6) is 0 Å². The van der Waals surface area contributed by atoms with E-state index in [0.29, 0.717) is 5.69 Å². The summed E-state index contributed by atoms with van der Waals surface area (Å²) in [7, 11) is 3.20. The molecule has 0 atom stereocenters. The second-order valence-electron chi connectivity index (χ2n) is 2.64. The minimum Gasteiger partial charge on any atom is -0.461 e. The van der Waals surface area contributed by atoms with Gasteiger partial charge < -0.3 is 4.74 Å². The van der Waals surface area contributed by atoms with E-state index in [1.165, 1.54) is 7.11 Å². The molecule has 0 saturated heterocycles. The Balaban J connectivity index is 3.21. The number of aromatic nitrogens is 1. The number of hydrogen-bond donors (Lipinski definition) is 0. The molecule has 1 heterocycles. The van der Waals surface area contributed by atoms with Crippen LogP contribution >= 0.6 is 0 Å². The molecular formula is C9H12NO2+. The molecule has 0 bridgehead atoms. The van der Waals surface area contributed by atoms with E-state index in [4.69, 9.17) is 0 Å². The van der Waals surface area contributed by atoms with Gasteiger partial charge in [-0.25, -0.2) is 4.79 Å². The zero-order valence-corrected chi connectivity index (χ0v) is 7.50. The summed E-state index contributed by atoms with van der Waals surface area (Å²) in [6.07, 6.45) is 1.82. The van der Waals surface area contributed by atoms with Gasteiger partial charge in [-0.1, -0.05) is 0 Å². The number of methoxy groups -OCH3 is 1. The molecule has 1 aromatic heterocycles. The molecular weight excluding hydrogens is 154 g/mol. The summed E-state index contributed by atoms with van der Waals surface area (Å²) in [4.78, 5) is 11.2. The Kier molecular flexibility index (Phi) is 2.43. The first-order valence-electron chi connectivity index (χ1n) is 3.70. The van der Waals surface area contributed by atoms with Crippen LogP contribution in [-0.4, -0.2) is 13.1 Å². The van der Waals surface area contributed by atoms with Crippen LogP contribution in [0.25, 0.3) is 0 Å². The quantitative estimate of drug-likeness (QED) is 0.452. The Morgan fingerprint density at radius 2 is 2.25 bits per heavy atom. The third-order valence-electron chi connectivity index (χ3n) is 1.76. The fraction of sp³-hybridized carbons (Fsp3) is 0.333. The lowest BCUT2D eigenvalue weighted by Crippen LogP contribution is -2.37. The molecule has 0 N–H and O–H groups in total. The molecule has 0 saturated carbocycles. The summed E-state index contributed by atoms with van der Waals surface area (Å²) in [6.45, 7) is 1.88. The highest BCUT2D eigenvalue weighted by Crippen LogP contribution is 2.01. The van der Waals surface area contributed by atoms with Crippen molar-refractivity contribution in [3.05, 3.63) is 29.6 Å². The van der Waals surface area contributed by atoms with E-state index in [1.807, 2.05) is 32.3 Å². The van der Waals surface area contributed by atoms with Gasteiger partial charge in [0.05, 0.1) is 7.11 Å². The van der Waals surface area contributed by atoms with Crippen molar-refractivity contribution in [1.82, 2.24) is 0 Å². The molecule has 0 amide bonds. The predicted molar refractivity (Wildman–Crippen MR) is 43.7 cm³/mol. The lowest BCUT2D eigenvalue weighted by molar-refractivity contribution is -0.674. The first-order valence-corrected chi connectivity index (χ1v) is 3.70. The van der Waals surface area contributed by atoms with Gasteiger partial charge in [0.25, 0.3) is 5.69 Å². The summed E-state index contributed by atoms with van der Waals surface area (Å²) in [5.74, 6) is -0.296. The summed E-state index contributed by atoms with van der Waals surface area (Å²) in [5, 5.41) is 0. The van der Waals surface area contributed by atoms with E-state index in [9.17, 15) is 4.79 Å². The van der Waals surface area contributed by atoms with Crippen molar-refractivity contribution in [2.24, 2.45) is 7.05 Å². The van der Waals surface area contributed by atoms with Crippen LogP contribution in [0, 0.1) is 6.92 Å². The van der Waals surface area contributed by atoms with Gasteiger partial charge in [-0.3, -0.25) is 0 Å². The minimum absolute atomic E-state index is 0.296. The molecule has 3 nitrogen and oxygen atoms in total. The van der Waals surface area contributed by atoms with Gasteiger partial charge in [0.15, 0.2) is 6.20 Å². The molecule has 0 aliphatic rings. The summed E-state index contributed by atoms with van der Waals surface area (Å²) < 4.78 is 6.39. The first kappa shape index (κ1) is 8.71. The van der Waals surface area contributed by atoms with Gasteiger partial charge in [-0.15, -0.1) is 0 Å². The molecule has 1 rings (SSSR count). The molecule has 0 spiro atoms. The Morgan fingerprint density at radius 1 is 1.58 bits per heavy atom. The molecule has 3 heteroatoms. The summed E-state index contributed by atoms with van der Waals surface area (Å²) in [5.41, 5.74) is 1.52. The van der Waals surface area contributed by atoms with Gasteiger partial charge in [0.2, 0.25) is 0 Å². The number of esters is 1. The highest BCUT2D eigenvalue weighted by Gasteiger charge is 2.19. The molecule has 12 heavy (non-hydrogen) atoms. The van der Waals surface area contributed by atoms with E-state index in [0.717, 1.165) is 5.56 Å². The number of rotatable bonds is 1. The van der Waals surface area contributed by atoms with Crippen LogP contribution in [-0.2, 0) is 11.8 Å². The van der Waals surface area contributed by atoms with Crippen LogP contribution in [0.3, 0.4) is 0 Å². The molecule has 0 unspecified atom stereocenters. The number of nitrogens with zero attached hydrogens (tertiary/aromatic N) is 1. The van der Waals surface area contributed by atoms with Crippen LogP contribution < -0.4 is 4.57 Å². The number of pyridine rings is 1. The van der Waals surface area contributed by atoms with Gasteiger partial charge in [-0.05, 0) is 13.0 Å². The van der Waals surface area contributed by atoms with Crippen molar-refractivity contribution in [3.8, 4) is 0 Å². The fourth-order valence-corrected chi connectivity index (χ4v) is 1.15. The number of carbonyl (C=O) groups is 1. The topological polar surface area (TPSA) is 30.2 Å². The average Bonchev–Trinajstić information content (AvgIpc) is 2.03. The minimum atomic E-state index is -0.296.